The van der Waals surface area contributed by atoms with Crippen LogP contribution in [0.1, 0.15) is 25.5 Å². The quantitative estimate of drug-likeness (QED) is 0.819. The van der Waals surface area contributed by atoms with Gasteiger partial charge in [-0.1, -0.05) is 13.8 Å². The summed E-state index contributed by atoms with van der Waals surface area (Å²) in [4.78, 5) is 6.42. The molecule has 1 aliphatic heterocycles. The summed E-state index contributed by atoms with van der Waals surface area (Å²) in [6, 6.07) is 4.02. The predicted molar refractivity (Wildman–Crippen MR) is 69.2 cm³/mol. The van der Waals surface area contributed by atoms with E-state index >= 15 is 0 Å². The summed E-state index contributed by atoms with van der Waals surface area (Å²) < 4.78 is 22.6. The van der Waals surface area contributed by atoms with Gasteiger partial charge in [-0.2, -0.15) is 0 Å². The van der Waals surface area contributed by atoms with E-state index in [4.69, 9.17) is 0 Å². The van der Waals surface area contributed by atoms with Gasteiger partial charge in [0.2, 0.25) is 0 Å². The Morgan fingerprint density at radius 3 is 2.41 bits per heavy atom. The van der Waals surface area contributed by atoms with E-state index < -0.39 is 9.84 Å². The van der Waals surface area contributed by atoms with Crippen LogP contribution in [0.15, 0.2) is 18.3 Å². The molecule has 1 saturated heterocycles. The van der Waals surface area contributed by atoms with Crippen LogP contribution in [0, 0.1) is 0 Å². The first-order chi connectivity index (χ1) is 7.88. The number of aromatic nitrogens is 1. The van der Waals surface area contributed by atoms with Crippen molar-refractivity contribution in [1.82, 2.24) is 4.98 Å². The second-order valence-corrected chi connectivity index (χ2v) is 7.28. The number of sulfone groups is 1. The minimum Gasteiger partial charge on any atom is -0.368 e. The first kappa shape index (κ1) is 12.4. The maximum atomic E-state index is 11.3. The number of nitrogens with zero attached hydrogens (tertiary/aromatic N) is 2. The van der Waals surface area contributed by atoms with Crippen molar-refractivity contribution in [3.05, 3.63) is 24.0 Å². The Kier molecular flexibility index (Phi) is 3.12. The van der Waals surface area contributed by atoms with Crippen LogP contribution in [0.2, 0.25) is 0 Å². The Bertz CT molecular complexity index is 488. The zero-order valence-corrected chi connectivity index (χ0v) is 11.2. The van der Waals surface area contributed by atoms with E-state index in [9.17, 15) is 8.42 Å². The fourth-order valence-corrected chi connectivity index (χ4v) is 2.75. The van der Waals surface area contributed by atoms with Gasteiger partial charge in [0.1, 0.15) is 0 Å². The Morgan fingerprint density at radius 1 is 1.35 bits per heavy atom. The molecule has 2 rings (SSSR count). The molecule has 2 heterocycles. The van der Waals surface area contributed by atoms with Gasteiger partial charge in [-0.25, -0.2) is 8.42 Å². The molecular weight excluding hydrogens is 236 g/mol. The molecule has 1 aromatic rings. The molecule has 17 heavy (non-hydrogen) atoms. The van der Waals surface area contributed by atoms with Crippen molar-refractivity contribution in [3.8, 4) is 0 Å². The molecule has 1 fully saturated rings. The van der Waals surface area contributed by atoms with Crippen molar-refractivity contribution < 1.29 is 8.42 Å². The van der Waals surface area contributed by atoms with Crippen molar-refractivity contribution >= 4 is 15.5 Å². The number of rotatable bonds is 3. The van der Waals surface area contributed by atoms with Crippen LogP contribution in [-0.2, 0) is 9.84 Å². The smallest absolute Gasteiger partial charge is 0.153 e. The Hall–Kier alpha value is -1.10. The molecule has 0 bridgehead atoms. The summed E-state index contributed by atoms with van der Waals surface area (Å²) in [5.41, 5.74) is 2.07. The summed E-state index contributed by atoms with van der Waals surface area (Å²) in [6.45, 7) is 5.37. The van der Waals surface area contributed by atoms with Gasteiger partial charge >= 0.3 is 0 Å². The van der Waals surface area contributed by atoms with Crippen molar-refractivity contribution in [2.75, 3.05) is 24.2 Å². The fraction of sp³-hybridized carbons (Fsp3) is 0.583. The fourth-order valence-electron chi connectivity index (χ4n) is 1.85. The molecule has 4 nitrogen and oxygen atoms in total. The average molecular weight is 254 g/mol. The normalized spacial score (nSPS) is 17.3. The van der Waals surface area contributed by atoms with Gasteiger partial charge in [0.25, 0.3) is 0 Å². The lowest BCUT2D eigenvalue weighted by atomic mass is 10.1. The standard InChI is InChI=1S/C12H18N2O2S/c1-9(2)12-5-4-10(6-13-12)14-7-11(8-14)17(3,15)16/h4-6,9,11H,7-8H2,1-3H3. The van der Waals surface area contributed by atoms with E-state index in [-0.39, 0.29) is 5.25 Å². The molecule has 0 aliphatic carbocycles. The van der Waals surface area contributed by atoms with Crippen molar-refractivity contribution in [2.45, 2.75) is 25.0 Å². The highest BCUT2D eigenvalue weighted by Gasteiger charge is 2.34. The van der Waals surface area contributed by atoms with Gasteiger partial charge in [0.05, 0.1) is 17.1 Å². The molecule has 0 spiro atoms. The molecule has 0 saturated carbocycles. The number of hydrogen-bond donors (Lipinski definition) is 0. The first-order valence-electron chi connectivity index (χ1n) is 5.77. The predicted octanol–water partition coefficient (Wildman–Crippen LogP) is 1.44. The molecule has 0 atom stereocenters. The summed E-state index contributed by atoms with van der Waals surface area (Å²) in [7, 11) is -2.89. The molecule has 1 aliphatic rings. The SMILES string of the molecule is CC(C)c1ccc(N2CC(S(C)(=O)=O)C2)cn1. The lowest BCUT2D eigenvalue weighted by Crippen LogP contribution is -2.54. The third-order valence-electron chi connectivity index (χ3n) is 3.18. The van der Waals surface area contributed by atoms with Gasteiger partial charge in [0, 0.05) is 25.0 Å². The largest absolute Gasteiger partial charge is 0.368 e. The first-order valence-corrected chi connectivity index (χ1v) is 7.73. The Labute approximate surface area is 103 Å². The molecule has 0 unspecified atom stereocenters. The van der Waals surface area contributed by atoms with Crippen LogP contribution in [0.25, 0.3) is 0 Å². The van der Waals surface area contributed by atoms with Gasteiger partial charge in [-0.3, -0.25) is 4.98 Å². The third-order valence-corrected chi connectivity index (χ3v) is 4.69. The van der Waals surface area contributed by atoms with Crippen molar-refractivity contribution in [3.63, 3.8) is 0 Å². The molecule has 1 aromatic heterocycles. The van der Waals surface area contributed by atoms with Gasteiger partial charge in [0.15, 0.2) is 9.84 Å². The third kappa shape index (κ3) is 2.60. The van der Waals surface area contributed by atoms with E-state index in [1.54, 1.807) is 0 Å². The molecule has 0 radical (unpaired) electrons. The number of hydrogen-bond acceptors (Lipinski definition) is 4. The summed E-state index contributed by atoms with van der Waals surface area (Å²) in [5.74, 6) is 0.421. The molecule has 5 heteroatoms. The lowest BCUT2D eigenvalue weighted by Gasteiger charge is -2.39. The van der Waals surface area contributed by atoms with Crippen LogP contribution in [0.3, 0.4) is 0 Å². The van der Waals surface area contributed by atoms with Crippen LogP contribution >= 0.6 is 0 Å². The maximum absolute atomic E-state index is 11.3. The second-order valence-electron chi connectivity index (χ2n) is 4.95. The molecular formula is C12H18N2O2S. The molecule has 0 aromatic carbocycles. The van der Waals surface area contributed by atoms with E-state index in [1.165, 1.54) is 6.26 Å². The zero-order valence-electron chi connectivity index (χ0n) is 10.4. The van der Waals surface area contributed by atoms with E-state index in [1.807, 2.05) is 23.2 Å². The highest BCUT2D eigenvalue weighted by Crippen LogP contribution is 2.24. The zero-order chi connectivity index (χ0) is 12.6. The Balaban J connectivity index is 2.02. The molecule has 0 N–H and O–H groups in total. The van der Waals surface area contributed by atoms with E-state index in [0.717, 1.165) is 11.4 Å². The van der Waals surface area contributed by atoms with Crippen LogP contribution in [0.4, 0.5) is 5.69 Å². The van der Waals surface area contributed by atoms with Gasteiger partial charge in [-0.05, 0) is 18.1 Å². The van der Waals surface area contributed by atoms with Crippen LogP contribution < -0.4 is 4.90 Å². The monoisotopic (exact) mass is 254 g/mol. The average Bonchev–Trinajstić information content (AvgIpc) is 2.13. The Morgan fingerprint density at radius 2 is 2.00 bits per heavy atom. The maximum Gasteiger partial charge on any atom is 0.153 e. The van der Waals surface area contributed by atoms with Gasteiger partial charge in [-0.15, -0.1) is 0 Å². The van der Waals surface area contributed by atoms with E-state index in [2.05, 4.69) is 18.8 Å². The van der Waals surface area contributed by atoms with Crippen molar-refractivity contribution in [2.24, 2.45) is 0 Å². The highest BCUT2D eigenvalue weighted by atomic mass is 32.2. The summed E-state index contributed by atoms with van der Waals surface area (Å²) >= 11 is 0. The molecule has 94 valence electrons. The van der Waals surface area contributed by atoms with E-state index in [0.29, 0.717) is 19.0 Å². The topological polar surface area (TPSA) is 50.3 Å². The van der Waals surface area contributed by atoms with Crippen LogP contribution in [-0.4, -0.2) is 38.0 Å². The van der Waals surface area contributed by atoms with Gasteiger partial charge < -0.3 is 4.90 Å². The summed E-state index contributed by atoms with van der Waals surface area (Å²) in [5, 5.41) is -0.215. The minimum atomic E-state index is -2.89. The highest BCUT2D eigenvalue weighted by molar-refractivity contribution is 7.91. The second kappa shape index (κ2) is 4.29. The van der Waals surface area contributed by atoms with Crippen LogP contribution in [0.5, 0.6) is 0 Å². The minimum absolute atomic E-state index is 0.215. The lowest BCUT2D eigenvalue weighted by molar-refractivity contribution is 0.546. The number of pyridine rings is 1. The van der Waals surface area contributed by atoms with Crippen molar-refractivity contribution in [1.29, 1.82) is 0 Å². The number of anilines is 1. The molecule has 0 amide bonds. The summed E-state index contributed by atoms with van der Waals surface area (Å²) in [6.07, 6.45) is 3.13.